The molecule has 0 unspecified atom stereocenters. The van der Waals surface area contributed by atoms with Crippen molar-refractivity contribution in [1.29, 1.82) is 5.26 Å². The molecule has 5 aliphatic carbocycles. The van der Waals surface area contributed by atoms with Crippen LogP contribution >= 0.6 is 0 Å². The summed E-state index contributed by atoms with van der Waals surface area (Å²) in [4.78, 5) is 43.7. The number of allylic oxidation sites excluding steroid dienone is 4. The maximum atomic E-state index is 14.7. The second-order valence-electron chi connectivity index (χ2n) is 16.9. The summed E-state index contributed by atoms with van der Waals surface area (Å²) in [6, 6.07) is 2.26. The van der Waals surface area contributed by atoms with Crippen LogP contribution < -0.4 is 5.32 Å². The van der Waals surface area contributed by atoms with E-state index < -0.39 is 10.8 Å². The second-order valence-corrected chi connectivity index (χ2v) is 16.9. The number of hydrogen-bond donors (Lipinski definition) is 1. The summed E-state index contributed by atoms with van der Waals surface area (Å²) in [6.45, 7) is 17.2. The van der Waals surface area contributed by atoms with Crippen molar-refractivity contribution in [2.24, 2.45) is 44.8 Å². The van der Waals surface area contributed by atoms with Gasteiger partial charge < -0.3 is 10.2 Å². The number of carbonyl (C=O) groups is 3. The average Bonchev–Trinajstić information content (AvgIpc) is 2.93. The smallest absolute Gasteiger partial charge is 0.317 e. The van der Waals surface area contributed by atoms with E-state index in [0.717, 1.165) is 76.5 Å². The van der Waals surface area contributed by atoms with E-state index in [4.69, 9.17) is 0 Å². The number of nitrogens with one attached hydrogen (secondary N) is 1. The highest BCUT2D eigenvalue weighted by Gasteiger charge is 2.70. The fraction of sp³-hybridized carbons (Fsp3) is 0.778. The van der Waals surface area contributed by atoms with Gasteiger partial charge in [-0.15, -0.1) is 0 Å². The average molecular weight is 574 g/mol. The van der Waals surface area contributed by atoms with Crippen molar-refractivity contribution in [3.05, 3.63) is 23.3 Å². The Morgan fingerprint density at radius 2 is 1.62 bits per heavy atom. The number of Topliss-reactive ketones (excluding diaryl/α,β-unsaturated/α-hetero) is 1. The molecule has 1 N–H and O–H groups in total. The number of amides is 2. The topological polar surface area (TPSA) is 90.3 Å². The highest BCUT2D eigenvalue weighted by molar-refractivity contribution is 6.04. The molecule has 6 rings (SSSR count). The van der Waals surface area contributed by atoms with E-state index in [1.54, 1.807) is 0 Å². The minimum atomic E-state index is -0.661. The molecule has 4 fully saturated rings. The fourth-order valence-corrected chi connectivity index (χ4v) is 11.2. The number of fused-ring (bicyclic) bond motifs is 7. The molecule has 1 saturated heterocycles. The van der Waals surface area contributed by atoms with Gasteiger partial charge in [-0.25, -0.2) is 4.79 Å². The van der Waals surface area contributed by atoms with Crippen LogP contribution in [0.5, 0.6) is 0 Å². The van der Waals surface area contributed by atoms with Crippen LogP contribution in [-0.4, -0.2) is 41.1 Å². The number of piperidine rings is 1. The summed E-state index contributed by atoms with van der Waals surface area (Å²) in [5.41, 5.74) is -0.590. The maximum Gasteiger partial charge on any atom is 0.317 e. The van der Waals surface area contributed by atoms with Crippen LogP contribution in [0.1, 0.15) is 113 Å². The number of carbonyl (C=O) groups excluding carboxylic acids is 3. The second kappa shape index (κ2) is 9.29. The van der Waals surface area contributed by atoms with Gasteiger partial charge in [-0.05, 0) is 98.4 Å². The van der Waals surface area contributed by atoms with E-state index >= 15 is 0 Å². The molecule has 6 aliphatic rings. The first-order chi connectivity index (χ1) is 19.5. The SMILES string of the molecule is CC1(C)CC[C@]2(NC(=O)N3CCCCC3)CC[C@]3(C)[C@H](C(=O)C=C4[C@@]5(C)C=C(C#N)C(=O)C(C)(C)[C@@H]5CC[C@]43C)[C@@H]2C1. The summed E-state index contributed by atoms with van der Waals surface area (Å²) < 4.78 is 0. The molecule has 6 nitrogen and oxygen atoms in total. The van der Waals surface area contributed by atoms with Crippen molar-refractivity contribution < 1.29 is 14.4 Å². The molecule has 0 spiro atoms. The van der Waals surface area contributed by atoms with E-state index in [1.165, 1.54) is 6.42 Å². The Morgan fingerprint density at radius 3 is 2.29 bits per heavy atom. The van der Waals surface area contributed by atoms with Crippen molar-refractivity contribution in [1.82, 2.24) is 10.2 Å². The predicted octanol–water partition coefficient (Wildman–Crippen LogP) is 7.15. The van der Waals surface area contributed by atoms with Gasteiger partial charge in [-0.3, -0.25) is 9.59 Å². The van der Waals surface area contributed by atoms with Crippen LogP contribution in [0.2, 0.25) is 0 Å². The molecule has 7 atom stereocenters. The molecule has 1 aliphatic heterocycles. The normalized spacial score (nSPS) is 43.9. The third-order valence-electron chi connectivity index (χ3n) is 13.9. The number of nitriles is 1. The van der Waals surface area contributed by atoms with Gasteiger partial charge in [0.1, 0.15) is 6.07 Å². The Hall–Kier alpha value is -2.42. The summed E-state index contributed by atoms with van der Waals surface area (Å²) in [5.74, 6) is 0.0729. The van der Waals surface area contributed by atoms with E-state index in [-0.39, 0.29) is 62.7 Å². The first-order valence-corrected chi connectivity index (χ1v) is 16.6. The van der Waals surface area contributed by atoms with Gasteiger partial charge in [-0.1, -0.05) is 60.1 Å². The molecule has 0 radical (unpaired) electrons. The zero-order valence-electron chi connectivity index (χ0n) is 27.0. The van der Waals surface area contributed by atoms with Gasteiger partial charge in [0, 0.05) is 35.4 Å². The number of hydrogen-bond acceptors (Lipinski definition) is 4. The Kier molecular flexibility index (Phi) is 6.56. The number of urea groups is 1. The number of likely N-dealkylation sites (tertiary alicyclic amines) is 1. The van der Waals surface area contributed by atoms with Crippen LogP contribution in [0.4, 0.5) is 4.79 Å². The predicted molar refractivity (Wildman–Crippen MR) is 163 cm³/mol. The third-order valence-corrected chi connectivity index (χ3v) is 13.9. The van der Waals surface area contributed by atoms with E-state index in [2.05, 4.69) is 46.0 Å². The van der Waals surface area contributed by atoms with Crippen LogP contribution in [0.15, 0.2) is 23.3 Å². The van der Waals surface area contributed by atoms with Gasteiger partial charge in [0.25, 0.3) is 0 Å². The van der Waals surface area contributed by atoms with Crippen molar-refractivity contribution >= 4 is 17.6 Å². The van der Waals surface area contributed by atoms with E-state index in [1.807, 2.05) is 30.9 Å². The van der Waals surface area contributed by atoms with Crippen molar-refractivity contribution in [2.75, 3.05) is 13.1 Å². The molecule has 1 heterocycles. The van der Waals surface area contributed by atoms with Gasteiger partial charge in [0.2, 0.25) is 0 Å². The lowest BCUT2D eigenvalue weighted by molar-refractivity contribution is -0.160. The Balaban J connectivity index is 1.45. The monoisotopic (exact) mass is 573 g/mol. The highest BCUT2D eigenvalue weighted by atomic mass is 16.2. The van der Waals surface area contributed by atoms with E-state index in [0.29, 0.717) is 0 Å². The summed E-state index contributed by atoms with van der Waals surface area (Å²) in [5, 5.41) is 13.6. The quantitative estimate of drug-likeness (QED) is 0.361. The third kappa shape index (κ3) is 3.90. The summed E-state index contributed by atoms with van der Waals surface area (Å²) >= 11 is 0. The number of nitrogens with zero attached hydrogens (tertiary/aromatic N) is 2. The fourth-order valence-electron chi connectivity index (χ4n) is 11.2. The van der Waals surface area contributed by atoms with Crippen molar-refractivity contribution in [3.8, 4) is 6.07 Å². The van der Waals surface area contributed by atoms with Crippen molar-refractivity contribution in [2.45, 2.75) is 118 Å². The Morgan fingerprint density at radius 1 is 0.952 bits per heavy atom. The molecule has 0 aromatic carbocycles. The van der Waals surface area contributed by atoms with Crippen LogP contribution in [0, 0.1) is 56.2 Å². The summed E-state index contributed by atoms with van der Waals surface area (Å²) in [6.07, 6.45) is 13.7. The molecular formula is C36H51N3O3. The Labute approximate surface area is 252 Å². The van der Waals surface area contributed by atoms with Gasteiger partial charge in [0.05, 0.1) is 5.57 Å². The lowest BCUT2D eigenvalue weighted by atomic mass is 9.35. The lowest BCUT2D eigenvalue weighted by Crippen LogP contribution is -2.70. The lowest BCUT2D eigenvalue weighted by Gasteiger charge is -2.69. The van der Waals surface area contributed by atoms with Crippen LogP contribution in [0.25, 0.3) is 0 Å². The minimum absolute atomic E-state index is 0.0435. The molecule has 3 saturated carbocycles. The van der Waals surface area contributed by atoms with Gasteiger partial charge >= 0.3 is 6.03 Å². The van der Waals surface area contributed by atoms with Crippen LogP contribution in [-0.2, 0) is 9.59 Å². The van der Waals surface area contributed by atoms with Crippen molar-refractivity contribution in [3.63, 3.8) is 0 Å². The Bertz CT molecular complexity index is 1330. The molecule has 42 heavy (non-hydrogen) atoms. The molecule has 6 heteroatoms. The largest absolute Gasteiger partial charge is 0.332 e. The molecule has 2 amide bonds. The molecular weight excluding hydrogens is 522 g/mol. The number of ketones is 2. The van der Waals surface area contributed by atoms with Gasteiger partial charge in [-0.2, -0.15) is 5.26 Å². The first-order valence-electron chi connectivity index (χ1n) is 16.6. The zero-order valence-corrected chi connectivity index (χ0v) is 27.0. The maximum absolute atomic E-state index is 14.7. The standard InChI is InChI=1S/C36H51N3O3/c1-31(2)13-15-36(38-30(42)39-17-9-8-10-18-39)16-14-35(7)28(24(36)21-31)25(40)19-27-33(5)20-23(22-37)29(41)32(3,4)26(33)11-12-34(27,35)6/h19-20,24,26,28H,8-18,21H2,1-7H3,(H,38,42)/t24-,26-,28-,33-,34+,35+,36-/m0/s1. The first kappa shape index (κ1) is 29.6. The van der Waals surface area contributed by atoms with Gasteiger partial charge in [0.15, 0.2) is 11.6 Å². The minimum Gasteiger partial charge on any atom is -0.332 e. The van der Waals surface area contributed by atoms with E-state index in [9.17, 15) is 19.6 Å². The molecule has 228 valence electrons. The molecule has 0 bridgehead atoms. The highest BCUT2D eigenvalue weighted by Crippen LogP contribution is 2.73. The van der Waals surface area contributed by atoms with Crippen LogP contribution in [0.3, 0.4) is 0 Å². The zero-order chi connectivity index (χ0) is 30.5. The molecule has 0 aromatic heterocycles. The molecule has 0 aromatic rings. The number of rotatable bonds is 1. The summed E-state index contributed by atoms with van der Waals surface area (Å²) in [7, 11) is 0.